The second-order valence-electron chi connectivity index (χ2n) is 15.7. The van der Waals surface area contributed by atoms with Crippen LogP contribution in [0.15, 0.2) is 231 Å². The van der Waals surface area contributed by atoms with E-state index in [2.05, 4.69) is 240 Å². The van der Waals surface area contributed by atoms with Gasteiger partial charge in [0, 0.05) is 53.7 Å². The van der Waals surface area contributed by atoms with Gasteiger partial charge in [-0.2, -0.15) is 0 Å². The lowest BCUT2D eigenvalue weighted by Crippen LogP contribution is -2.10. The molecule has 0 atom stereocenters. The second kappa shape index (κ2) is 14.5. The monoisotopic (exact) mass is 794 g/mol. The fourth-order valence-corrected chi connectivity index (χ4v) is 10.4. The first-order valence-corrected chi connectivity index (χ1v) is 21.6. The van der Waals surface area contributed by atoms with Gasteiger partial charge in [0.1, 0.15) is 0 Å². The maximum absolute atomic E-state index is 2.45. The molecule has 3 heteroatoms. The predicted molar refractivity (Wildman–Crippen MR) is 262 cm³/mol. The molecule has 2 aromatic heterocycles. The Morgan fingerprint density at radius 3 is 1.56 bits per heavy atom. The number of nitrogens with zero attached hydrogens (tertiary/aromatic N) is 2. The van der Waals surface area contributed by atoms with E-state index in [4.69, 9.17) is 0 Å². The lowest BCUT2D eigenvalue weighted by atomic mass is 9.99. The van der Waals surface area contributed by atoms with E-state index in [1.165, 1.54) is 86.1 Å². The van der Waals surface area contributed by atoms with Gasteiger partial charge in [0.2, 0.25) is 0 Å². The number of fused-ring (bicyclic) bond motifs is 8. The lowest BCUT2D eigenvalue weighted by Gasteiger charge is -2.26. The maximum Gasteiger partial charge on any atom is 0.0547 e. The molecule has 0 N–H and O–H groups in total. The minimum Gasteiger partial charge on any atom is -0.310 e. The highest BCUT2D eigenvalue weighted by Gasteiger charge is 2.19. The number of anilines is 3. The van der Waals surface area contributed by atoms with Gasteiger partial charge in [-0.05, 0) is 129 Å². The van der Waals surface area contributed by atoms with Crippen molar-refractivity contribution < 1.29 is 0 Å². The summed E-state index contributed by atoms with van der Waals surface area (Å²) in [5, 5.41) is 7.72. The Morgan fingerprint density at radius 1 is 0.311 bits per heavy atom. The van der Waals surface area contributed by atoms with Crippen molar-refractivity contribution in [2.24, 2.45) is 0 Å². The Kier molecular flexibility index (Phi) is 8.39. The van der Waals surface area contributed by atoms with Gasteiger partial charge < -0.3 is 9.47 Å². The van der Waals surface area contributed by atoms with Crippen LogP contribution in [0.5, 0.6) is 0 Å². The molecule has 0 aliphatic rings. The van der Waals surface area contributed by atoms with Crippen molar-refractivity contribution in [1.29, 1.82) is 0 Å². The largest absolute Gasteiger partial charge is 0.310 e. The summed E-state index contributed by atoms with van der Waals surface area (Å²) in [6.45, 7) is 0. The molecule has 12 aromatic rings. The summed E-state index contributed by atoms with van der Waals surface area (Å²) in [5.74, 6) is 0. The van der Waals surface area contributed by atoms with Gasteiger partial charge in [-0.3, -0.25) is 0 Å². The summed E-state index contributed by atoms with van der Waals surface area (Å²) in [6.07, 6.45) is 0. The molecular formula is C58H38N2S. The van der Waals surface area contributed by atoms with Crippen molar-refractivity contribution >= 4 is 81.1 Å². The molecule has 0 aliphatic heterocycles. The van der Waals surface area contributed by atoms with E-state index < -0.39 is 0 Å². The molecule has 12 rings (SSSR count). The minimum absolute atomic E-state index is 1.10. The summed E-state index contributed by atoms with van der Waals surface area (Å²) >= 11 is 1.88. The van der Waals surface area contributed by atoms with E-state index in [-0.39, 0.29) is 0 Å². The van der Waals surface area contributed by atoms with Crippen molar-refractivity contribution in [1.82, 2.24) is 4.57 Å². The van der Waals surface area contributed by atoms with Gasteiger partial charge in [-0.1, -0.05) is 146 Å². The number of aromatic nitrogens is 1. The zero-order valence-electron chi connectivity index (χ0n) is 33.2. The first kappa shape index (κ1) is 35.2. The Morgan fingerprint density at radius 2 is 0.869 bits per heavy atom. The van der Waals surface area contributed by atoms with Crippen LogP contribution in [0, 0.1) is 0 Å². The van der Waals surface area contributed by atoms with E-state index in [1.54, 1.807) is 0 Å². The molecule has 2 nitrogen and oxygen atoms in total. The Labute approximate surface area is 358 Å². The molecule has 0 unspecified atom stereocenters. The molecule has 0 saturated carbocycles. The molecule has 0 amide bonds. The molecular weight excluding hydrogens is 757 g/mol. The fraction of sp³-hybridized carbons (Fsp3) is 0. The highest BCUT2D eigenvalue weighted by Crippen LogP contribution is 2.44. The average molecular weight is 795 g/mol. The first-order valence-electron chi connectivity index (χ1n) is 20.8. The zero-order chi connectivity index (χ0) is 40.3. The molecule has 0 spiro atoms. The van der Waals surface area contributed by atoms with Gasteiger partial charge in [0.15, 0.2) is 0 Å². The molecule has 10 aromatic carbocycles. The van der Waals surface area contributed by atoms with Crippen LogP contribution in [0.1, 0.15) is 0 Å². The van der Waals surface area contributed by atoms with E-state index in [9.17, 15) is 0 Å². The van der Waals surface area contributed by atoms with Crippen LogP contribution in [0.25, 0.3) is 91.8 Å². The molecule has 61 heavy (non-hydrogen) atoms. The van der Waals surface area contributed by atoms with Crippen LogP contribution in [-0.4, -0.2) is 4.57 Å². The van der Waals surface area contributed by atoms with Gasteiger partial charge in [0.25, 0.3) is 0 Å². The smallest absolute Gasteiger partial charge is 0.0547 e. The third-order valence-corrected chi connectivity index (χ3v) is 13.3. The first-order chi connectivity index (χ1) is 30.2. The molecule has 286 valence electrons. The predicted octanol–water partition coefficient (Wildman–Crippen LogP) is 16.8. The standard InChI is InChI=1S/C58H38N2S/c1-4-13-39(14-5-1)41-23-29-47(30-24-41)59(48-31-25-42(26-32-48)40-15-6-2-7-16-40)49-20-12-17-43(35-49)44-27-33-54-52(36-44)53-38-51-45(37-55(53)60(54)46-18-8-3-9-19-46)28-34-57-58(51)50-21-10-11-22-56(50)61-57/h1-38H. The summed E-state index contributed by atoms with van der Waals surface area (Å²) in [5.41, 5.74) is 14.0. The molecule has 0 aliphatic carbocycles. The van der Waals surface area contributed by atoms with Crippen LogP contribution >= 0.6 is 11.3 Å². The number of benzene rings is 10. The van der Waals surface area contributed by atoms with Gasteiger partial charge in [-0.15, -0.1) is 11.3 Å². The van der Waals surface area contributed by atoms with Crippen LogP contribution in [0.2, 0.25) is 0 Å². The van der Waals surface area contributed by atoms with E-state index in [0.717, 1.165) is 22.7 Å². The van der Waals surface area contributed by atoms with E-state index >= 15 is 0 Å². The molecule has 0 saturated heterocycles. The zero-order valence-corrected chi connectivity index (χ0v) is 34.1. The van der Waals surface area contributed by atoms with Gasteiger partial charge >= 0.3 is 0 Å². The normalized spacial score (nSPS) is 11.6. The van der Waals surface area contributed by atoms with Crippen molar-refractivity contribution in [2.45, 2.75) is 0 Å². The lowest BCUT2D eigenvalue weighted by molar-refractivity contribution is 1.18. The second-order valence-corrected chi connectivity index (χ2v) is 16.8. The van der Waals surface area contributed by atoms with Crippen LogP contribution in [0.4, 0.5) is 17.1 Å². The summed E-state index contributed by atoms with van der Waals surface area (Å²) < 4.78 is 5.08. The molecule has 0 bridgehead atoms. The summed E-state index contributed by atoms with van der Waals surface area (Å²) in [7, 11) is 0. The number of thiophene rings is 1. The molecule has 2 heterocycles. The summed E-state index contributed by atoms with van der Waals surface area (Å²) in [4.78, 5) is 2.37. The maximum atomic E-state index is 2.45. The highest BCUT2D eigenvalue weighted by atomic mass is 32.1. The number of rotatable bonds is 7. The van der Waals surface area contributed by atoms with Crippen LogP contribution in [-0.2, 0) is 0 Å². The van der Waals surface area contributed by atoms with Crippen LogP contribution in [0.3, 0.4) is 0 Å². The highest BCUT2D eigenvalue weighted by molar-refractivity contribution is 7.26. The molecule has 0 radical (unpaired) electrons. The average Bonchev–Trinajstić information content (AvgIpc) is 3.87. The van der Waals surface area contributed by atoms with Crippen LogP contribution < -0.4 is 4.90 Å². The SMILES string of the molecule is c1ccc(-c2ccc(N(c3ccc(-c4ccccc4)cc3)c3cccc(-c4ccc5c(c4)c4cc6c(ccc7sc8ccccc8c76)cc4n5-c4ccccc4)c3)cc2)cc1. The van der Waals surface area contributed by atoms with Crippen molar-refractivity contribution in [3.8, 4) is 39.1 Å². The Bertz CT molecular complexity index is 3470. The van der Waals surface area contributed by atoms with Crippen molar-refractivity contribution in [2.75, 3.05) is 4.90 Å². The number of para-hydroxylation sites is 1. The van der Waals surface area contributed by atoms with Crippen molar-refractivity contribution in [3.05, 3.63) is 231 Å². The summed E-state index contributed by atoms with van der Waals surface area (Å²) in [6, 6.07) is 84.1. The van der Waals surface area contributed by atoms with Crippen molar-refractivity contribution in [3.63, 3.8) is 0 Å². The topological polar surface area (TPSA) is 8.17 Å². The number of hydrogen-bond acceptors (Lipinski definition) is 2. The molecule has 0 fully saturated rings. The van der Waals surface area contributed by atoms with E-state index in [0.29, 0.717) is 0 Å². The Balaban J connectivity index is 1.02. The minimum atomic E-state index is 1.10. The third kappa shape index (κ3) is 6.09. The van der Waals surface area contributed by atoms with E-state index in [1.807, 2.05) is 11.3 Å². The van der Waals surface area contributed by atoms with Gasteiger partial charge in [0.05, 0.1) is 11.0 Å². The third-order valence-electron chi connectivity index (χ3n) is 12.2. The fourth-order valence-electron chi connectivity index (χ4n) is 9.23. The number of hydrogen-bond donors (Lipinski definition) is 0. The quantitative estimate of drug-likeness (QED) is 0.156. The Hall–Kier alpha value is -7.72. The van der Waals surface area contributed by atoms with Gasteiger partial charge in [-0.25, -0.2) is 0 Å².